The van der Waals surface area contributed by atoms with Gasteiger partial charge in [-0.1, -0.05) is 29.8 Å². The van der Waals surface area contributed by atoms with E-state index in [1.165, 1.54) is 49.5 Å². The third-order valence-corrected chi connectivity index (χ3v) is 6.22. The molecule has 0 aromatic heterocycles. The van der Waals surface area contributed by atoms with Crippen molar-refractivity contribution in [2.75, 3.05) is 19.1 Å². The Morgan fingerprint density at radius 1 is 1.00 bits per heavy atom. The summed E-state index contributed by atoms with van der Waals surface area (Å²) in [7, 11) is 2.92. The first-order valence-electron chi connectivity index (χ1n) is 10.7. The van der Waals surface area contributed by atoms with Crippen molar-refractivity contribution in [1.29, 1.82) is 0 Å². The first-order valence-corrected chi connectivity index (χ1v) is 11.1. The van der Waals surface area contributed by atoms with Crippen molar-refractivity contribution in [1.82, 2.24) is 0 Å². The van der Waals surface area contributed by atoms with Gasteiger partial charge in [0.25, 0.3) is 11.7 Å². The minimum Gasteiger partial charge on any atom is -0.507 e. The summed E-state index contributed by atoms with van der Waals surface area (Å²) in [5.74, 6) is -1.83. The molecule has 0 bridgehead atoms. The van der Waals surface area contributed by atoms with E-state index in [9.17, 15) is 19.1 Å². The number of hydrogen-bond acceptors (Lipinski definition) is 5. The van der Waals surface area contributed by atoms with Gasteiger partial charge < -0.3 is 14.6 Å². The molecule has 1 unspecified atom stereocenters. The van der Waals surface area contributed by atoms with E-state index in [1.54, 1.807) is 18.2 Å². The van der Waals surface area contributed by atoms with E-state index in [0.717, 1.165) is 11.1 Å². The number of aliphatic hydroxyl groups excluding tert-OH is 1. The molecule has 8 heteroatoms. The molecule has 3 aromatic rings. The van der Waals surface area contributed by atoms with Gasteiger partial charge in [-0.3, -0.25) is 14.5 Å². The van der Waals surface area contributed by atoms with Crippen LogP contribution < -0.4 is 14.4 Å². The Hall–Kier alpha value is -3.84. The van der Waals surface area contributed by atoms with Gasteiger partial charge in [0.2, 0.25) is 0 Å². The zero-order valence-corrected chi connectivity index (χ0v) is 20.3. The lowest BCUT2D eigenvalue weighted by Crippen LogP contribution is -2.29. The lowest BCUT2D eigenvalue weighted by atomic mass is 9.93. The molecule has 4 rings (SSSR count). The fraction of sp³-hybridized carbons (Fsp3) is 0.185. The van der Waals surface area contributed by atoms with Crippen LogP contribution in [0.2, 0.25) is 5.02 Å². The number of aryl methyl sites for hydroxylation is 2. The SMILES string of the molecule is COc1ccc(N2C(=O)C(=O)/C(=C(/O)c3cc(C)cc(C)c3OC)C2c2ccc(F)cc2)cc1Cl. The largest absolute Gasteiger partial charge is 0.507 e. The molecule has 1 fully saturated rings. The minimum atomic E-state index is -1.04. The molecule has 1 atom stereocenters. The lowest BCUT2D eigenvalue weighted by Gasteiger charge is -2.26. The maximum atomic E-state index is 13.7. The summed E-state index contributed by atoms with van der Waals surface area (Å²) >= 11 is 6.30. The van der Waals surface area contributed by atoms with Crippen LogP contribution in [0.5, 0.6) is 11.5 Å². The number of halogens is 2. The summed E-state index contributed by atoms with van der Waals surface area (Å²) in [6.07, 6.45) is 0. The minimum absolute atomic E-state index is 0.142. The van der Waals surface area contributed by atoms with Crippen LogP contribution in [-0.2, 0) is 9.59 Å². The second-order valence-electron chi connectivity index (χ2n) is 8.20. The maximum absolute atomic E-state index is 13.7. The van der Waals surface area contributed by atoms with Crippen molar-refractivity contribution in [3.63, 3.8) is 0 Å². The highest BCUT2D eigenvalue weighted by Crippen LogP contribution is 2.45. The van der Waals surface area contributed by atoms with Crippen LogP contribution >= 0.6 is 11.6 Å². The van der Waals surface area contributed by atoms with Gasteiger partial charge >= 0.3 is 0 Å². The molecule has 0 aliphatic carbocycles. The molecule has 1 heterocycles. The maximum Gasteiger partial charge on any atom is 0.300 e. The van der Waals surface area contributed by atoms with Crippen LogP contribution in [0.1, 0.15) is 28.3 Å². The molecule has 1 amide bonds. The molecule has 0 saturated carbocycles. The summed E-state index contributed by atoms with van der Waals surface area (Å²) in [6, 6.07) is 12.6. The molecule has 3 aromatic carbocycles. The average molecular weight is 496 g/mol. The molecule has 1 aliphatic heterocycles. The summed E-state index contributed by atoms with van der Waals surface area (Å²) in [5.41, 5.74) is 2.48. The van der Waals surface area contributed by atoms with Gasteiger partial charge in [0.15, 0.2) is 0 Å². The highest BCUT2D eigenvalue weighted by Gasteiger charge is 2.47. The third-order valence-electron chi connectivity index (χ3n) is 5.92. The predicted octanol–water partition coefficient (Wildman–Crippen LogP) is 5.74. The normalized spacial score (nSPS) is 17.1. The number of methoxy groups -OCH3 is 2. The van der Waals surface area contributed by atoms with E-state index in [-0.39, 0.29) is 21.9 Å². The molecule has 35 heavy (non-hydrogen) atoms. The van der Waals surface area contributed by atoms with Crippen LogP contribution in [0.4, 0.5) is 10.1 Å². The van der Waals surface area contributed by atoms with Crippen molar-refractivity contribution in [2.24, 2.45) is 0 Å². The summed E-state index contributed by atoms with van der Waals surface area (Å²) in [6.45, 7) is 3.66. The van der Waals surface area contributed by atoms with Crippen molar-refractivity contribution in [2.45, 2.75) is 19.9 Å². The molecule has 1 N–H and O–H groups in total. The number of carbonyl (C=O) groups excluding carboxylic acids is 2. The van der Waals surface area contributed by atoms with Crippen LogP contribution in [0.25, 0.3) is 5.76 Å². The zero-order chi connectivity index (χ0) is 25.4. The van der Waals surface area contributed by atoms with Gasteiger partial charge in [0.05, 0.1) is 36.4 Å². The summed E-state index contributed by atoms with van der Waals surface area (Å²) < 4.78 is 24.4. The van der Waals surface area contributed by atoms with E-state index in [2.05, 4.69) is 0 Å². The number of amides is 1. The molecule has 6 nitrogen and oxygen atoms in total. The van der Waals surface area contributed by atoms with Gasteiger partial charge in [0, 0.05) is 5.69 Å². The van der Waals surface area contributed by atoms with Crippen LogP contribution in [0.15, 0.2) is 60.2 Å². The van der Waals surface area contributed by atoms with E-state index in [4.69, 9.17) is 21.1 Å². The topological polar surface area (TPSA) is 76.1 Å². The Morgan fingerprint density at radius 3 is 2.29 bits per heavy atom. The number of hydrogen-bond donors (Lipinski definition) is 1. The van der Waals surface area contributed by atoms with Crippen LogP contribution in [0, 0.1) is 19.7 Å². The van der Waals surface area contributed by atoms with Crippen molar-refractivity contribution in [3.8, 4) is 11.5 Å². The Labute approximate surface area is 207 Å². The van der Waals surface area contributed by atoms with Gasteiger partial charge in [-0.05, 0) is 66.9 Å². The van der Waals surface area contributed by atoms with Crippen molar-refractivity contribution >= 4 is 34.7 Å². The highest BCUT2D eigenvalue weighted by atomic mass is 35.5. The van der Waals surface area contributed by atoms with E-state index in [0.29, 0.717) is 22.7 Å². The second-order valence-corrected chi connectivity index (χ2v) is 8.61. The fourth-order valence-electron chi connectivity index (χ4n) is 4.41. The smallest absolute Gasteiger partial charge is 0.300 e. The van der Waals surface area contributed by atoms with Crippen LogP contribution in [0.3, 0.4) is 0 Å². The lowest BCUT2D eigenvalue weighted by molar-refractivity contribution is -0.132. The number of ether oxygens (including phenoxy) is 2. The number of anilines is 1. The number of carbonyl (C=O) groups is 2. The Kier molecular flexibility index (Phi) is 6.54. The standard InChI is InChI=1S/C27H23ClFNO5/c1-14-11-15(2)26(35-4)19(12-14)24(31)22-23(16-5-7-17(29)8-6-16)30(27(33)25(22)32)18-9-10-21(34-3)20(28)13-18/h5-13,23,31H,1-4H3/b24-22+. The first kappa shape index (κ1) is 24.3. The number of nitrogens with zero attached hydrogens (tertiary/aromatic N) is 1. The van der Waals surface area contributed by atoms with Gasteiger partial charge in [-0.2, -0.15) is 0 Å². The predicted molar refractivity (Wildman–Crippen MR) is 132 cm³/mol. The average Bonchev–Trinajstić information content (AvgIpc) is 3.09. The van der Waals surface area contributed by atoms with Gasteiger partial charge in [0.1, 0.15) is 23.1 Å². The molecule has 0 radical (unpaired) electrons. The number of Topliss-reactive ketones (excluding diaryl/α,β-unsaturated/α-hetero) is 1. The second kappa shape index (κ2) is 9.43. The number of aliphatic hydroxyl groups is 1. The Balaban J connectivity index is 2.00. The van der Waals surface area contributed by atoms with Gasteiger partial charge in [-0.15, -0.1) is 0 Å². The van der Waals surface area contributed by atoms with Crippen molar-refractivity contribution in [3.05, 3.63) is 93.3 Å². The summed E-state index contributed by atoms with van der Waals surface area (Å²) in [5, 5.41) is 11.7. The number of rotatable bonds is 5. The number of benzene rings is 3. The Morgan fingerprint density at radius 2 is 1.69 bits per heavy atom. The number of ketones is 1. The van der Waals surface area contributed by atoms with Gasteiger partial charge in [-0.25, -0.2) is 4.39 Å². The quantitative estimate of drug-likeness (QED) is 0.277. The molecule has 0 spiro atoms. The summed E-state index contributed by atoms with van der Waals surface area (Å²) in [4.78, 5) is 27.9. The Bertz CT molecular complexity index is 1370. The monoisotopic (exact) mass is 495 g/mol. The van der Waals surface area contributed by atoms with Crippen molar-refractivity contribution < 1.29 is 28.6 Å². The fourth-order valence-corrected chi connectivity index (χ4v) is 4.66. The van der Waals surface area contributed by atoms with E-state index < -0.39 is 23.5 Å². The highest BCUT2D eigenvalue weighted by molar-refractivity contribution is 6.52. The molecule has 180 valence electrons. The molecule has 1 aliphatic rings. The third kappa shape index (κ3) is 4.23. The van der Waals surface area contributed by atoms with Crippen LogP contribution in [-0.4, -0.2) is 31.0 Å². The zero-order valence-electron chi connectivity index (χ0n) is 19.6. The van der Waals surface area contributed by atoms with E-state index in [1.807, 2.05) is 19.9 Å². The van der Waals surface area contributed by atoms with E-state index >= 15 is 0 Å². The molecular weight excluding hydrogens is 473 g/mol. The first-order chi connectivity index (χ1) is 16.7. The molecule has 1 saturated heterocycles. The molecular formula is C27H23ClFNO5.